The van der Waals surface area contributed by atoms with E-state index in [9.17, 15) is 14.6 Å². The van der Waals surface area contributed by atoms with Crippen LogP contribution >= 0.6 is 11.8 Å². The third-order valence-electron chi connectivity index (χ3n) is 7.08. The predicted molar refractivity (Wildman–Crippen MR) is 151 cm³/mol. The Hall–Kier alpha value is -3.58. The number of hydrogen-bond donors (Lipinski definition) is 2. The van der Waals surface area contributed by atoms with Gasteiger partial charge in [0.05, 0.1) is 5.69 Å². The number of pyridine rings is 2. The molecule has 2 aromatic carbocycles. The van der Waals surface area contributed by atoms with E-state index < -0.39 is 5.95 Å². The lowest BCUT2D eigenvalue weighted by Gasteiger charge is -2.28. The highest BCUT2D eigenvalue weighted by atomic mass is 32.2. The van der Waals surface area contributed by atoms with E-state index in [1.54, 1.807) is 13.0 Å². The number of anilines is 2. The summed E-state index contributed by atoms with van der Waals surface area (Å²) in [5, 5.41) is 22.6. The van der Waals surface area contributed by atoms with Crippen molar-refractivity contribution >= 4 is 23.1 Å². The van der Waals surface area contributed by atoms with E-state index in [2.05, 4.69) is 40.0 Å². The number of rotatable bonds is 7. The minimum absolute atomic E-state index is 0.0569. The standard InChI is InChI=1S/C31H32FN3O2S/c1-3-4-11-25-27(35-19-8-7-10-22-9-5-6-12-26(22)35)28(36)29(31(37)34-25)38-23-15-13-21(14-16-23)24-17-18-33-30(32)20(24)2/h5-6,9,12-18H,3-4,7-8,10-11,19H2,1-2H3,(H2,34,36,37). The van der Waals surface area contributed by atoms with Crippen LogP contribution in [-0.2, 0) is 12.8 Å². The summed E-state index contributed by atoms with van der Waals surface area (Å²) in [5.74, 6) is -0.587. The molecule has 1 aliphatic heterocycles. The lowest BCUT2D eigenvalue weighted by molar-refractivity contribution is 0.409. The second kappa shape index (κ2) is 11.4. The van der Waals surface area contributed by atoms with Crippen molar-refractivity contribution in [2.75, 3.05) is 11.4 Å². The van der Waals surface area contributed by atoms with Crippen LogP contribution in [0, 0.1) is 12.9 Å². The Morgan fingerprint density at radius 2 is 1.82 bits per heavy atom. The maximum Gasteiger partial charge on any atom is 0.229 e. The number of aromatic nitrogens is 2. The molecule has 2 aromatic heterocycles. The molecule has 0 saturated heterocycles. The fraction of sp³-hybridized carbons (Fsp3) is 0.290. The van der Waals surface area contributed by atoms with Gasteiger partial charge < -0.3 is 15.1 Å². The molecule has 0 amide bonds. The van der Waals surface area contributed by atoms with E-state index in [-0.39, 0.29) is 11.6 Å². The van der Waals surface area contributed by atoms with Crippen LogP contribution in [0.1, 0.15) is 49.4 Å². The summed E-state index contributed by atoms with van der Waals surface area (Å²) < 4.78 is 14.0. The predicted octanol–water partition coefficient (Wildman–Crippen LogP) is 7.97. The summed E-state index contributed by atoms with van der Waals surface area (Å²) in [6.07, 6.45) is 7.12. The monoisotopic (exact) mass is 529 g/mol. The van der Waals surface area contributed by atoms with E-state index in [1.165, 1.54) is 23.5 Å². The molecule has 0 bridgehead atoms. The van der Waals surface area contributed by atoms with Gasteiger partial charge in [-0.15, -0.1) is 0 Å². The molecule has 2 N–H and O–H groups in total. The quantitative estimate of drug-likeness (QED) is 0.237. The van der Waals surface area contributed by atoms with Crippen molar-refractivity contribution < 1.29 is 14.6 Å². The molecular formula is C31H32FN3O2S. The molecular weight excluding hydrogens is 497 g/mol. The van der Waals surface area contributed by atoms with Gasteiger partial charge in [-0.25, -0.2) is 9.97 Å². The molecule has 5 nitrogen and oxygen atoms in total. The van der Waals surface area contributed by atoms with Crippen LogP contribution in [0.15, 0.2) is 70.6 Å². The number of aryl methyl sites for hydroxylation is 2. The van der Waals surface area contributed by atoms with Gasteiger partial charge in [-0.05, 0) is 80.0 Å². The molecule has 0 spiro atoms. The van der Waals surface area contributed by atoms with Gasteiger partial charge in [-0.2, -0.15) is 4.39 Å². The molecule has 0 aliphatic carbocycles. The van der Waals surface area contributed by atoms with E-state index in [0.717, 1.165) is 60.4 Å². The fourth-order valence-corrected chi connectivity index (χ4v) is 5.88. The van der Waals surface area contributed by atoms with Crippen LogP contribution < -0.4 is 4.90 Å². The van der Waals surface area contributed by atoms with Gasteiger partial charge >= 0.3 is 0 Å². The molecule has 4 aromatic rings. The normalized spacial score (nSPS) is 13.3. The summed E-state index contributed by atoms with van der Waals surface area (Å²) >= 11 is 1.27. The number of para-hydroxylation sites is 1. The van der Waals surface area contributed by atoms with Crippen LogP contribution in [0.5, 0.6) is 11.6 Å². The molecule has 0 atom stereocenters. The second-order valence-corrected chi connectivity index (χ2v) is 10.7. The van der Waals surface area contributed by atoms with Crippen LogP contribution in [0.3, 0.4) is 0 Å². The third-order valence-corrected chi connectivity index (χ3v) is 8.17. The maximum absolute atomic E-state index is 14.0. The van der Waals surface area contributed by atoms with Crippen LogP contribution in [0.4, 0.5) is 15.8 Å². The largest absolute Gasteiger partial charge is 0.504 e. The number of halogens is 1. The Labute approximate surface area is 227 Å². The minimum atomic E-state index is -0.479. The van der Waals surface area contributed by atoms with Gasteiger partial charge in [0, 0.05) is 28.9 Å². The summed E-state index contributed by atoms with van der Waals surface area (Å²) in [6, 6.07) is 17.8. The summed E-state index contributed by atoms with van der Waals surface area (Å²) in [5.41, 5.74) is 5.90. The highest BCUT2D eigenvalue weighted by Crippen LogP contribution is 2.49. The lowest BCUT2D eigenvalue weighted by atomic mass is 10.0. The van der Waals surface area contributed by atoms with Crippen LogP contribution in [0.25, 0.3) is 11.1 Å². The second-order valence-electron chi connectivity index (χ2n) is 9.65. The van der Waals surface area contributed by atoms with Gasteiger partial charge in [0.2, 0.25) is 11.8 Å². The Bertz CT molecular complexity index is 1440. The molecule has 0 radical (unpaired) electrons. The van der Waals surface area contributed by atoms with Gasteiger partial charge in [0.25, 0.3) is 0 Å². The van der Waals surface area contributed by atoms with Crippen molar-refractivity contribution in [3.05, 3.63) is 83.6 Å². The minimum Gasteiger partial charge on any atom is -0.504 e. The van der Waals surface area contributed by atoms with E-state index in [4.69, 9.17) is 0 Å². The highest BCUT2D eigenvalue weighted by Gasteiger charge is 2.27. The molecule has 38 heavy (non-hydrogen) atoms. The Kier molecular flexibility index (Phi) is 7.84. The molecule has 196 valence electrons. The molecule has 0 fully saturated rings. The number of hydrogen-bond acceptors (Lipinski definition) is 6. The average molecular weight is 530 g/mol. The van der Waals surface area contributed by atoms with E-state index in [1.807, 2.05) is 30.3 Å². The fourth-order valence-electron chi connectivity index (χ4n) is 5.04. The number of benzene rings is 2. The Morgan fingerprint density at radius 1 is 1.03 bits per heavy atom. The van der Waals surface area contributed by atoms with Gasteiger partial charge in [0.15, 0.2) is 5.75 Å². The Balaban J connectivity index is 1.54. The molecule has 5 rings (SSSR count). The van der Waals surface area contributed by atoms with Crippen molar-refractivity contribution in [3.8, 4) is 22.8 Å². The van der Waals surface area contributed by atoms with Crippen molar-refractivity contribution in [1.29, 1.82) is 0 Å². The maximum atomic E-state index is 14.0. The van der Waals surface area contributed by atoms with Crippen molar-refractivity contribution in [2.45, 2.75) is 62.2 Å². The van der Waals surface area contributed by atoms with Crippen LogP contribution in [-0.4, -0.2) is 26.7 Å². The molecule has 0 saturated carbocycles. The average Bonchev–Trinajstić information content (AvgIpc) is 3.14. The third kappa shape index (κ3) is 5.20. The zero-order valence-corrected chi connectivity index (χ0v) is 22.6. The zero-order valence-electron chi connectivity index (χ0n) is 21.7. The van der Waals surface area contributed by atoms with Gasteiger partial charge in [-0.1, -0.05) is 55.4 Å². The lowest BCUT2D eigenvalue weighted by Crippen LogP contribution is -2.20. The molecule has 7 heteroatoms. The summed E-state index contributed by atoms with van der Waals surface area (Å²) in [6.45, 7) is 4.61. The van der Waals surface area contributed by atoms with Crippen molar-refractivity contribution in [2.24, 2.45) is 0 Å². The zero-order chi connectivity index (χ0) is 26.6. The highest BCUT2D eigenvalue weighted by molar-refractivity contribution is 7.99. The number of nitrogens with zero attached hydrogens (tertiary/aromatic N) is 3. The first-order chi connectivity index (χ1) is 18.5. The number of unbranched alkanes of at least 4 members (excludes halogenated alkanes) is 1. The van der Waals surface area contributed by atoms with Crippen LogP contribution in [0.2, 0.25) is 0 Å². The summed E-state index contributed by atoms with van der Waals surface area (Å²) in [7, 11) is 0. The molecule has 0 unspecified atom stereocenters. The van der Waals surface area contributed by atoms with Crippen molar-refractivity contribution in [1.82, 2.24) is 9.97 Å². The first-order valence-corrected chi connectivity index (χ1v) is 14.0. The van der Waals surface area contributed by atoms with E-state index >= 15 is 0 Å². The molecule has 1 aliphatic rings. The first-order valence-electron chi connectivity index (χ1n) is 13.2. The van der Waals surface area contributed by atoms with Gasteiger partial charge in [0.1, 0.15) is 10.6 Å². The smallest absolute Gasteiger partial charge is 0.229 e. The topological polar surface area (TPSA) is 69.5 Å². The Morgan fingerprint density at radius 3 is 2.61 bits per heavy atom. The van der Waals surface area contributed by atoms with Crippen molar-refractivity contribution in [3.63, 3.8) is 0 Å². The van der Waals surface area contributed by atoms with E-state index in [0.29, 0.717) is 28.3 Å². The van der Waals surface area contributed by atoms with Gasteiger partial charge in [-0.3, -0.25) is 0 Å². The number of fused-ring (bicyclic) bond motifs is 1. The summed E-state index contributed by atoms with van der Waals surface area (Å²) in [4.78, 5) is 11.7. The first kappa shape index (κ1) is 26.0. The SMILES string of the molecule is CCCCc1nc(O)c(Sc2ccc(-c3ccnc(F)c3C)cc2)c(O)c1N1CCCCc2ccccc21. The molecule has 3 heterocycles. The number of aromatic hydroxyl groups is 2.